The first-order valence-electron chi connectivity index (χ1n) is 7.03. The van der Waals surface area contributed by atoms with E-state index in [0.29, 0.717) is 6.04 Å². The Labute approximate surface area is 127 Å². The molecule has 1 fully saturated rings. The zero-order valence-corrected chi connectivity index (χ0v) is 12.7. The van der Waals surface area contributed by atoms with Crippen LogP contribution in [0, 0.1) is 6.92 Å². The highest BCUT2D eigenvalue weighted by molar-refractivity contribution is 7.12. The molecule has 1 aliphatic rings. The molecule has 1 saturated heterocycles. The number of nitrogens with zero attached hydrogens (tertiary/aromatic N) is 4. The van der Waals surface area contributed by atoms with E-state index >= 15 is 0 Å². The van der Waals surface area contributed by atoms with E-state index in [0.717, 1.165) is 18.8 Å². The third kappa shape index (κ3) is 3.30. The molecule has 112 valence electrons. The maximum atomic E-state index is 10.7. The Hall–Kier alpha value is -1.73. The van der Waals surface area contributed by atoms with Gasteiger partial charge in [-0.2, -0.15) is 0 Å². The number of aliphatic carboxylic acids is 1. The fourth-order valence-corrected chi connectivity index (χ4v) is 3.85. The van der Waals surface area contributed by atoms with Crippen LogP contribution in [-0.4, -0.2) is 37.5 Å². The van der Waals surface area contributed by atoms with Crippen LogP contribution in [0.2, 0.25) is 0 Å². The summed E-state index contributed by atoms with van der Waals surface area (Å²) in [4.78, 5) is 15.8. The van der Waals surface area contributed by atoms with Crippen molar-refractivity contribution in [1.82, 2.24) is 19.9 Å². The van der Waals surface area contributed by atoms with E-state index in [2.05, 4.69) is 34.3 Å². The van der Waals surface area contributed by atoms with Crippen LogP contribution in [-0.2, 0) is 17.9 Å². The van der Waals surface area contributed by atoms with E-state index in [1.54, 1.807) is 6.20 Å². The summed E-state index contributed by atoms with van der Waals surface area (Å²) in [6.45, 7) is 3.76. The van der Waals surface area contributed by atoms with Crippen molar-refractivity contribution in [2.45, 2.75) is 38.9 Å². The first kappa shape index (κ1) is 14.2. The number of carbonyl (C=O) groups is 1. The third-order valence-electron chi connectivity index (χ3n) is 3.70. The Morgan fingerprint density at radius 3 is 3.10 bits per heavy atom. The molecule has 3 heterocycles. The molecular weight excluding hydrogens is 288 g/mol. The van der Waals surface area contributed by atoms with Gasteiger partial charge in [-0.05, 0) is 38.4 Å². The second-order valence-electron chi connectivity index (χ2n) is 5.38. The zero-order valence-electron chi connectivity index (χ0n) is 11.9. The van der Waals surface area contributed by atoms with Gasteiger partial charge < -0.3 is 5.11 Å². The van der Waals surface area contributed by atoms with Crippen molar-refractivity contribution in [2.24, 2.45) is 0 Å². The van der Waals surface area contributed by atoms with E-state index in [1.165, 1.54) is 27.3 Å². The molecule has 0 amide bonds. The molecule has 0 saturated carbocycles. The van der Waals surface area contributed by atoms with Crippen LogP contribution in [0.3, 0.4) is 0 Å². The quantitative estimate of drug-likeness (QED) is 0.915. The van der Waals surface area contributed by atoms with Crippen molar-refractivity contribution < 1.29 is 9.90 Å². The number of aromatic nitrogens is 3. The number of carboxylic acid groups (broad SMARTS) is 1. The minimum absolute atomic E-state index is 0.138. The molecule has 3 rings (SSSR count). The van der Waals surface area contributed by atoms with Gasteiger partial charge >= 0.3 is 5.97 Å². The lowest BCUT2D eigenvalue weighted by molar-refractivity contribution is -0.137. The summed E-state index contributed by atoms with van der Waals surface area (Å²) in [6, 6.07) is 4.83. The molecule has 21 heavy (non-hydrogen) atoms. The van der Waals surface area contributed by atoms with Gasteiger partial charge in [-0.3, -0.25) is 9.69 Å². The van der Waals surface area contributed by atoms with Gasteiger partial charge in [0.05, 0.1) is 11.9 Å². The van der Waals surface area contributed by atoms with E-state index in [-0.39, 0.29) is 6.54 Å². The highest BCUT2D eigenvalue weighted by Gasteiger charge is 2.27. The van der Waals surface area contributed by atoms with Gasteiger partial charge in [0, 0.05) is 22.3 Å². The molecule has 1 unspecified atom stereocenters. The van der Waals surface area contributed by atoms with Crippen molar-refractivity contribution >= 4 is 17.3 Å². The second kappa shape index (κ2) is 5.95. The average Bonchev–Trinajstić information content (AvgIpc) is 3.11. The fraction of sp³-hybridized carbons (Fsp3) is 0.500. The van der Waals surface area contributed by atoms with Gasteiger partial charge in [0.25, 0.3) is 0 Å². The van der Waals surface area contributed by atoms with Crippen molar-refractivity contribution in [1.29, 1.82) is 0 Å². The Kier molecular flexibility index (Phi) is 4.03. The third-order valence-corrected chi connectivity index (χ3v) is 4.80. The van der Waals surface area contributed by atoms with Crippen LogP contribution >= 0.6 is 11.3 Å². The predicted molar refractivity (Wildman–Crippen MR) is 79.1 cm³/mol. The van der Waals surface area contributed by atoms with E-state index in [1.807, 2.05) is 11.3 Å². The predicted octanol–water partition coefficient (Wildman–Crippen LogP) is 2.07. The summed E-state index contributed by atoms with van der Waals surface area (Å²) >= 11 is 1.85. The van der Waals surface area contributed by atoms with Crippen LogP contribution in [0.1, 0.15) is 34.3 Å². The summed E-state index contributed by atoms with van der Waals surface area (Å²) in [5, 5.41) is 16.7. The minimum Gasteiger partial charge on any atom is -0.480 e. The lowest BCUT2D eigenvalue weighted by atomic mass is 10.2. The molecule has 1 N–H and O–H groups in total. The lowest BCUT2D eigenvalue weighted by Crippen LogP contribution is -2.22. The summed E-state index contributed by atoms with van der Waals surface area (Å²) in [7, 11) is 0. The molecule has 2 aromatic rings. The molecule has 7 heteroatoms. The molecule has 0 bridgehead atoms. The normalized spacial score (nSPS) is 19.2. The average molecular weight is 306 g/mol. The molecular formula is C14H18N4O2S. The highest BCUT2D eigenvalue weighted by Crippen LogP contribution is 2.36. The SMILES string of the molecule is Cc1ccc(C2CCCN2Cc2cn(CC(=O)O)nn2)s1. The van der Waals surface area contributed by atoms with Gasteiger partial charge in [0.15, 0.2) is 0 Å². The molecule has 6 nitrogen and oxygen atoms in total. The molecule has 1 atom stereocenters. The first-order valence-corrected chi connectivity index (χ1v) is 7.84. The van der Waals surface area contributed by atoms with Crippen LogP contribution in [0.4, 0.5) is 0 Å². The van der Waals surface area contributed by atoms with E-state index in [9.17, 15) is 4.79 Å². The largest absolute Gasteiger partial charge is 0.480 e. The topological polar surface area (TPSA) is 71.2 Å². The standard InChI is InChI=1S/C14H18N4O2S/c1-10-4-5-13(21-10)12-3-2-6-17(12)7-11-8-18(16-15-11)9-14(19)20/h4-5,8,12H,2-3,6-7,9H2,1H3,(H,19,20). The smallest absolute Gasteiger partial charge is 0.325 e. The monoisotopic (exact) mass is 306 g/mol. The number of carboxylic acids is 1. The van der Waals surface area contributed by atoms with Crippen LogP contribution in [0.5, 0.6) is 0 Å². The molecule has 0 radical (unpaired) electrons. The summed E-state index contributed by atoms with van der Waals surface area (Å²) in [5.41, 5.74) is 0.830. The maximum Gasteiger partial charge on any atom is 0.325 e. The number of thiophene rings is 1. The van der Waals surface area contributed by atoms with Gasteiger partial charge in [-0.25, -0.2) is 4.68 Å². The molecule has 0 aliphatic carbocycles. The maximum absolute atomic E-state index is 10.7. The van der Waals surface area contributed by atoms with Crippen molar-refractivity contribution in [3.63, 3.8) is 0 Å². The number of aryl methyl sites for hydroxylation is 1. The van der Waals surface area contributed by atoms with Gasteiger partial charge in [0.2, 0.25) is 0 Å². The van der Waals surface area contributed by atoms with Crippen molar-refractivity contribution in [3.05, 3.63) is 33.8 Å². The number of likely N-dealkylation sites (tertiary alicyclic amines) is 1. The highest BCUT2D eigenvalue weighted by atomic mass is 32.1. The van der Waals surface area contributed by atoms with Gasteiger partial charge in [-0.1, -0.05) is 5.21 Å². The Balaban J connectivity index is 1.68. The van der Waals surface area contributed by atoms with E-state index < -0.39 is 5.97 Å². The van der Waals surface area contributed by atoms with Crippen LogP contribution in [0.25, 0.3) is 0 Å². The van der Waals surface area contributed by atoms with Gasteiger partial charge in [0.1, 0.15) is 6.54 Å². The number of hydrogen-bond donors (Lipinski definition) is 1. The molecule has 2 aromatic heterocycles. The number of hydrogen-bond acceptors (Lipinski definition) is 5. The Morgan fingerprint density at radius 2 is 2.38 bits per heavy atom. The summed E-state index contributed by atoms with van der Waals surface area (Å²) in [5.74, 6) is -0.903. The van der Waals surface area contributed by atoms with Crippen molar-refractivity contribution in [3.8, 4) is 0 Å². The molecule has 0 spiro atoms. The lowest BCUT2D eigenvalue weighted by Gasteiger charge is -2.22. The van der Waals surface area contributed by atoms with Crippen LogP contribution in [0.15, 0.2) is 18.3 Å². The Morgan fingerprint density at radius 1 is 1.52 bits per heavy atom. The second-order valence-corrected chi connectivity index (χ2v) is 6.70. The fourth-order valence-electron chi connectivity index (χ4n) is 2.81. The molecule has 1 aliphatic heterocycles. The summed E-state index contributed by atoms with van der Waals surface area (Å²) < 4.78 is 1.37. The minimum atomic E-state index is -0.903. The summed E-state index contributed by atoms with van der Waals surface area (Å²) in [6.07, 6.45) is 4.08. The number of rotatable bonds is 5. The van der Waals surface area contributed by atoms with Crippen LogP contribution < -0.4 is 0 Å². The van der Waals surface area contributed by atoms with Crippen molar-refractivity contribution in [2.75, 3.05) is 6.54 Å². The zero-order chi connectivity index (χ0) is 14.8. The molecule has 0 aromatic carbocycles. The van der Waals surface area contributed by atoms with E-state index in [4.69, 9.17) is 5.11 Å². The van der Waals surface area contributed by atoms with Gasteiger partial charge in [-0.15, -0.1) is 16.4 Å². The Bertz CT molecular complexity index is 636. The first-order chi connectivity index (χ1) is 10.1.